The van der Waals surface area contributed by atoms with Crippen LogP contribution in [0.4, 0.5) is 10.1 Å². The Morgan fingerprint density at radius 2 is 1.62 bits per heavy atom. The Morgan fingerprint density at radius 1 is 0.850 bits per heavy atom. The van der Waals surface area contributed by atoms with Crippen molar-refractivity contribution in [1.82, 2.24) is 14.9 Å². The predicted octanol–water partition coefficient (Wildman–Crippen LogP) is 7.91. The molecule has 2 atom stereocenters. The monoisotopic (exact) mass is 548 g/mol. The minimum atomic E-state index is -0.267. The van der Waals surface area contributed by atoms with Crippen LogP contribution in [-0.2, 0) is 0 Å². The summed E-state index contributed by atoms with van der Waals surface area (Å²) in [5.74, 6) is 1.31. The molecule has 3 aromatic carbocycles. The van der Waals surface area contributed by atoms with E-state index in [0.29, 0.717) is 5.11 Å². The molecule has 0 spiro atoms. The Kier molecular flexibility index (Phi) is 6.82. The number of nitrogens with zero attached hydrogens (tertiary/aromatic N) is 3. The highest BCUT2D eigenvalue weighted by molar-refractivity contribution is 7.80. The molecule has 40 heavy (non-hydrogen) atoms. The Balaban J connectivity index is 1.42. The summed E-state index contributed by atoms with van der Waals surface area (Å²) in [6.07, 6.45) is 1.80. The molecule has 5 nitrogen and oxygen atoms in total. The molecule has 0 amide bonds. The topological polar surface area (TPSA) is 42.3 Å². The normalized spacial score (nSPS) is 16.7. The first kappa shape index (κ1) is 25.8. The number of pyridine rings is 1. The molecule has 1 aliphatic rings. The van der Waals surface area contributed by atoms with Crippen molar-refractivity contribution in [3.05, 3.63) is 137 Å². The first-order valence-electron chi connectivity index (χ1n) is 13.2. The Morgan fingerprint density at radius 3 is 2.35 bits per heavy atom. The first-order valence-corrected chi connectivity index (χ1v) is 13.6. The van der Waals surface area contributed by atoms with Crippen LogP contribution in [0.2, 0.25) is 0 Å². The van der Waals surface area contributed by atoms with Gasteiger partial charge in [-0.15, -0.1) is 0 Å². The van der Waals surface area contributed by atoms with Crippen molar-refractivity contribution in [2.24, 2.45) is 0 Å². The van der Waals surface area contributed by atoms with Crippen molar-refractivity contribution in [2.75, 3.05) is 4.90 Å². The maximum Gasteiger partial charge on any atom is 0.174 e. The van der Waals surface area contributed by atoms with E-state index in [1.54, 1.807) is 18.3 Å². The number of hydrogen-bond donors (Lipinski definition) is 1. The van der Waals surface area contributed by atoms with Crippen molar-refractivity contribution in [2.45, 2.75) is 32.9 Å². The van der Waals surface area contributed by atoms with E-state index in [-0.39, 0.29) is 17.9 Å². The summed E-state index contributed by atoms with van der Waals surface area (Å²) in [5.41, 5.74) is 6.81. The fraction of sp³-hybridized carbons (Fsp3) is 0.152. The Hall–Kier alpha value is -4.49. The number of halogens is 1. The molecule has 1 fully saturated rings. The van der Waals surface area contributed by atoms with E-state index in [4.69, 9.17) is 17.0 Å². The van der Waals surface area contributed by atoms with Crippen molar-refractivity contribution < 1.29 is 9.13 Å². The fourth-order valence-electron chi connectivity index (χ4n) is 5.52. The van der Waals surface area contributed by atoms with Crippen LogP contribution >= 0.6 is 12.2 Å². The lowest BCUT2D eigenvalue weighted by molar-refractivity contribution is 0.479. The minimum absolute atomic E-state index is 0.181. The number of aryl methyl sites for hydroxylation is 2. The van der Waals surface area contributed by atoms with Gasteiger partial charge in [0, 0.05) is 29.0 Å². The second-order valence-corrected chi connectivity index (χ2v) is 10.4. The Labute approximate surface area is 238 Å². The van der Waals surface area contributed by atoms with E-state index >= 15 is 0 Å². The number of hydrogen-bond acceptors (Lipinski definition) is 3. The van der Waals surface area contributed by atoms with Crippen LogP contribution in [0.5, 0.6) is 11.5 Å². The zero-order valence-corrected chi connectivity index (χ0v) is 23.3. The molecule has 0 unspecified atom stereocenters. The molecule has 1 aliphatic heterocycles. The molecule has 0 aliphatic carbocycles. The number of aromatic nitrogens is 2. The molecular formula is C33H29FN4OS. The summed E-state index contributed by atoms with van der Waals surface area (Å²) in [5, 5.41) is 4.14. The maximum absolute atomic E-state index is 14.2. The summed E-state index contributed by atoms with van der Waals surface area (Å²) in [7, 11) is 0. The van der Waals surface area contributed by atoms with Gasteiger partial charge in [-0.3, -0.25) is 4.98 Å². The number of ether oxygens (including phenoxy) is 1. The lowest BCUT2D eigenvalue weighted by Crippen LogP contribution is -2.29. The van der Waals surface area contributed by atoms with Gasteiger partial charge >= 0.3 is 0 Å². The standard InChI is InChI=1S/C33H29FN4OS/c1-21-9-4-5-13-30(21)39-27-16-14-25(15-17-27)38-32(31(36-33(38)40)29-12-6-7-18-35-29)28-19-22(2)37(23(28)3)26-11-8-10-24(34)20-26/h4-20,31-32H,1-3H3,(H,36,40)/t31-,32+/m0/s1. The second-order valence-electron chi connectivity index (χ2n) is 10.00. The third-order valence-corrected chi connectivity index (χ3v) is 7.70. The average molecular weight is 549 g/mol. The molecule has 0 bridgehead atoms. The summed E-state index contributed by atoms with van der Waals surface area (Å²) >= 11 is 5.92. The fourth-order valence-corrected chi connectivity index (χ4v) is 5.87. The van der Waals surface area contributed by atoms with E-state index in [9.17, 15) is 4.39 Å². The molecule has 1 saturated heterocycles. The van der Waals surface area contributed by atoms with Gasteiger partial charge in [0.25, 0.3) is 0 Å². The Bertz CT molecular complexity index is 1680. The zero-order chi connectivity index (χ0) is 27.8. The summed E-state index contributed by atoms with van der Waals surface area (Å²) < 4.78 is 22.4. The van der Waals surface area contributed by atoms with Crippen LogP contribution in [-0.4, -0.2) is 14.7 Å². The van der Waals surface area contributed by atoms with Gasteiger partial charge in [-0.25, -0.2) is 4.39 Å². The molecular weight excluding hydrogens is 519 g/mol. The minimum Gasteiger partial charge on any atom is -0.457 e. The second kappa shape index (κ2) is 10.6. The lowest BCUT2D eigenvalue weighted by Gasteiger charge is -2.28. The van der Waals surface area contributed by atoms with Gasteiger partial charge in [0.2, 0.25) is 0 Å². The summed E-state index contributed by atoms with van der Waals surface area (Å²) in [6.45, 7) is 6.14. The highest BCUT2D eigenvalue weighted by Crippen LogP contribution is 2.44. The van der Waals surface area contributed by atoms with Gasteiger partial charge in [0.05, 0.1) is 17.8 Å². The highest BCUT2D eigenvalue weighted by Gasteiger charge is 2.42. The van der Waals surface area contributed by atoms with Gasteiger partial charge in [-0.2, -0.15) is 0 Å². The highest BCUT2D eigenvalue weighted by atomic mass is 32.1. The van der Waals surface area contributed by atoms with Crippen molar-refractivity contribution in [3.63, 3.8) is 0 Å². The van der Waals surface area contributed by atoms with Gasteiger partial charge in [-0.1, -0.05) is 30.3 Å². The quantitative estimate of drug-likeness (QED) is 0.219. The third kappa shape index (κ3) is 4.73. The average Bonchev–Trinajstić information content (AvgIpc) is 3.45. The van der Waals surface area contributed by atoms with Gasteiger partial charge in [0.15, 0.2) is 5.11 Å². The largest absolute Gasteiger partial charge is 0.457 e. The zero-order valence-electron chi connectivity index (χ0n) is 22.5. The lowest BCUT2D eigenvalue weighted by atomic mass is 9.96. The molecule has 6 rings (SSSR count). The van der Waals surface area contributed by atoms with Crippen molar-refractivity contribution >= 4 is 23.0 Å². The molecule has 0 saturated carbocycles. The van der Waals surface area contributed by atoms with Crippen molar-refractivity contribution in [1.29, 1.82) is 0 Å². The molecule has 7 heteroatoms. The first-order chi connectivity index (χ1) is 19.4. The van der Waals surface area contributed by atoms with E-state index in [1.165, 1.54) is 6.07 Å². The summed E-state index contributed by atoms with van der Waals surface area (Å²) in [4.78, 5) is 6.81. The van der Waals surface area contributed by atoms with Crippen LogP contribution in [0.1, 0.15) is 40.3 Å². The smallest absolute Gasteiger partial charge is 0.174 e. The summed E-state index contributed by atoms with van der Waals surface area (Å²) in [6, 6.07) is 30.3. The van der Waals surface area contributed by atoms with Gasteiger partial charge in [0.1, 0.15) is 17.3 Å². The SMILES string of the molecule is Cc1ccccc1Oc1ccc(N2C(=S)N[C@@H](c3ccccn3)[C@H]2c2cc(C)n(-c3cccc(F)c3)c2C)cc1. The molecule has 1 N–H and O–H groups in total. The van der Waals surface area contributed by atoms with Crippen LogP contribution < -0.4 is 15.0 Å². The molecule has 0 radical (unpaired) electrons. The maximum atomic E-state index is 14.2. The predicted molar refractivity (Wildman–Crippen MR) is 161 cm³/mol. The van der Waals surface area contributed by atoms with Gasteiger partial charge in [-0.05, 0) is 111 Å². The molecule has 2 aromatic heterocycles. The number of thiocarbonyl (C=S) groups is 1. The molecule has 200 valence electrons. The van der Waals surface area contributed by atoms with Crippen LogP contribution in [0.3, 0.4) is 0 Å². The van der Waals surface area contributed by atoms with Gasteiger partial charge < -0.3 is 19.5 Å². The van der Waals surface area contributed by atoms with Crippen LogP contribution in [0, 0.1) is 26.6 Å². The molecule has 3 heterocycles. The van der Waals surface area contributed by atoms with Crippen LogP contribution in [0.15, 0.2) is 103 Å². The number of rotatable bonds is 6. The van der Waals surface area contributed by atoms with Crippen LogP contribution in [0.25, 0.3) is 5.69 Å². The third-order valence-electron chi connectivity index (χ3n) is 7.39. The number of para-hydroxylation sites is 1. The number of anilines is 1. The number of nitrogens with one attached hydrogen (secondary N) is 1. The van der Waals surface area contributed by atoms with E-state index < -0.39 is 0 Å². The molecule has 5 aromatic rings. The van der Waals surface area contributed by atoms with Crippen molar-refractivity contribution in [3.8, 4) is 17.2 Å². The van der Waals surface area contributed by atoms with E-state index in [1.807, 2.05) is 86.6 Å². The van der Waals surface area contributed by atoms with E-state index in [2.05, 4.69) is 32.8 Å². The van der Waals surface area contributed by atoms with E-state index in [0.717, 1.165) is 51.1 Å². The number of benzene rings is 3.